The summed E-state index contributed by atoms with van der Waals surface area (Å²) >= 11 is 1.94. The van der Waals surface area contributed by atoms with Crippen molar-refractivity contribution >= 4 is 34.0 Å². The number of hydrogen-bond donors (Lipinski definition) is 2. The van der Waals surface area contributed by atoms with Crippen molar-refractivity contribution in [1.82, 2.24) is 0 Å². The minimum Gasteiger partial charge on any atom is -0.397 e. The average Bonchev–Trinajstić information content (AvgIpc) is 2.78. The lowest BCUT2D eigenvalue weighted by molar-refractivity contribution is 0.185. The lowest BCUT2D eigenvalue weighted by atomic mass is 10.1. The first kappa shape index (κ1) is 12.9. The lowest BCUT2D eigenvalue weighted by Crippen LogP contribution is -2.10. The van der Waals surface area contributed by atoms with Crippen molar-refractivity contribution in [2.75, 3.05) is 30.8 Å². The zero-order valence-electron chi connectivity index (χ0n) is 9.51. The molecule has 5 heteroatoms. The molecule has 0 radical (unpaired) electrons. The zero-order valence-corrected chi connectivity index (χ0v) is 11.7. The summed E-state index contributed by atoms with van der Waals surface area (Å²) in [6.45, 7) is 2.52. The number of halogens is 2. The second-order valence-corrected chi connectivity index (χ2v) is 5.46. The van der Waals surface area contributed by atoms with Gasteiger partial charge in [-0.3, -0.25) is 0 Å². The summed E-state index contributed by atoms with van der Waals surface area (Å²) in [6.07, 6.45) is 2.16. The second kappa shape index (κ2) is 5.86. The summed E-state index contributed by atoms with van der Waals surface area (Å²) in [5.74, 6) is 0.393. The van der Waals surface area contributed by atoms with Crippen LogP contribution in [0.4, 0.5) is 15.8 Å². The Labute approximate surface area is 114 Å². The molecule has 0 aromatic heterocycles. The number of anilines is 2. The molecule has 0 bridgehead atoms. The molecule has 1 aromatic rings. The first-order chi connectivity index (χ1) is 8.16. The summed E-state index contributed by atoms with van der Waals surface area (Å²) in [7, 11) is 0. The van der Waals surface area contributed by atoms with Crippen molar-refractivity contribution in [3.05, 3.63) is 21.5 Å². The summed E-state index contributed by atoms with van der Waals surface area (Å²) < 4.78 is 19.2. The van der Waals surface area contributed by atoms with Gasteiger partial charge in [0.25, 0.3) is 0 Å². The average molecular weight is 350 g/mol. The van der Waals surface area contributed by atoms with E-state index in [1.807, 2.05) is 22.6 Å². The van der Waals surface area contributed by atoms with E-state index < -0.39 is 0 Å². The molecule has 1 atom stereocenters. The summed E-state index contributed by atoms with van der Waals surface area (Å²) in [4.78, 5) is 0. The molecule has 1 unspecified atom stereocenters. The number of nitrogen functional groups attached to an aromatic ring is 1. The van der Waals surface area contributed by atoms with Crippen molar-refractivity contribution < 1.29 is 9.13 Å². The van der Waals surface area contributed by atoms with Crippen molar-refractivity contribution in [3.63, 3.8) is 0 Å². The van der Waals surface area contributed by atoms with Crippen LogP contribution < -0.4 is 11.1 Å². The molecular formula is C12H16FIN2O. The van der Waals surface area contributed by atoms with E-state index in [0.29, 0.717) is 20.9 Å². The Morgan fingerprint density at radius 3 is 3.06 bits per heavy atom. The fraction of sp³-hybridized carbons (Fsp3) is 0.500. The monoisotopic (exact) mass is 350 g/mol. The molecule has 3 N–H and O–H groups in total. The number of hydrogen-bond acceptors (Lipinski definition) is 3. The van der Waals surface area contributed by atoms with Crippen LogP contribution in [0.3, 0.4) is 0 Å². The zero-order chi connectivity index (χ0) is 12.3. The van der Waals surface area contributed by atoms with E-state index in [0.717, 1.165) is 32.6 Å². The molecule has 1 fully saturated rings. The third-order valence-corrected chi connectivity index (χ3v) is 3.81. The van der Waals surface area contributed by atoms with E-state index in [1.54, 1.807) is 6.07 Å². The van der Waals surface area contributed by atoms with Crippen molar-refractivity contribution in [2.45, 2.75) is 12.8 Å². The van der Waals surface area contributed by atoms with E-state index in [4.69, 9.17) is 10.5 Å². The van der Waals surface area contributed by atoms with Gasteiger partial charge in [-0.25, -0.2) is 4.39 Å². The largest absolute Gasteiger partial charge is 0.397 e. The fourth-order valence-corrected chi connectivity index (χ4v) is 2.43. The topological polar surface area (TPSA) is 47.3 Å². The maximum absolute atomic E-state index is 13.4. The summed E-state index contributed by atoms with van der Waals surface area (Å²) in [6, 6.07) is 3.11. The number of nitrogens with one attached hydrogen (secondary N) is 1. The predicted octanol–water partition coefficient (Wildman–Crippen LogP) is 2.85. The molecule has 1 heterocycles. The minimum absolute atomic E-state index is 0.230. The number of ether oxygens (including phenoxy) is 1. The molecule has 94 valence electrons. The van der Waals surface area contributed by atoms with E-state index in [9.17, 15) is 4.39 Å². The maximum Gasteiger partial charge on any atom is 0.138 e. The molecular weight excluding hydrogens is 334 g/mol. The number of benzene rings is 1. The Bertz CT molecular complexity index is 394. The van der Waals surface area contributed by atoms with Gasteiger partial charge in [0, 0.05) is 25.8 Å². The van der Waals surface area contributed by atoms with Gasteiger partial charge in [0.1, 0.15) is 5.82 Å². The number of rotatable bonds is 4. The Balaban J connectivity index is 1.87. The third-order valence-electron chi connectivity index (χ3n) is 2.98. The van der Waals surface area contributed by atoms with Gasteiger partial charge in [0.05, 0.1) is 14.9 Å². The maximum atomic E-state index is 13.4. The molecule has 17 heavy (non-hydrogen) atoms. The summed E-state index contributed by atoms with van der Waals surface area (Å²) in [5, 5.41) is 3.18. The van der Waals surface area contributed by atoms with Crippen LogP contribution in [0, 0.1) is 15.3 Å². The predicted molar refractivity (Wildman–Crippen MR) is 75.6 cm³/mol. The molecule has 1 aromatic carbocycles. The van der Waals surface area contributed by atoms with Gasteiger partial charge in [-0.1, -0.05) is 0 Å². The van der Waals surface area contributed by atoms with Gasteiger partial charge in [-0.2, -0.15) is 0 Å². The molecule has 1 saturated heterocycles. The molecule has 0 spiro atoms. The third kappa shape index (κ3) is 3.45. The van der Waals surface area contributed by atoms with E-state index in [2.05, 4.69) is 5.32 Å². The van der Waals surface area contributed by atoms with Crippen LogP contribution in [0.15, 0.2) is 12.1 Å². The highest BCUT2D eigenvalue weighted by atomic mass is 127. The van der Waals surface area contributed by atoms with Gasteiger partial charge in [-0.15, -0.1) is 0 Å². The van der Waals surface area contributed by atoms with Crippen LogP contribution in [-0.4, -0.2) is 19.8 Å². The highest BCUT2D eigenvalue weighted by Gasteiger charge is 2.15. The van der Waals surface area contributed by atoms with Crippen molar-refractivity contribution in [3.8, 4) is 0 Å². The fourth-order valence-electron chi connectivity index (χ4n) is 1.94. The van der Waals surface area contributed by atoms with Crippen LogP contribution in [0.5, 0.6) is 0 Å². The molecule has 0 amide bonds. The number of nitrogens with two attached hydrogens (primary N) is 1. The van der Waals surface area contributed by atoms with E-state index >= 15 is 0 Å². The van der Waals surface area contributed by atoms with Gasteiger partial charge in [0.2, 0.25) is 0 Å². The molecule has 0 saturated carbocycles. The van der Waals surface area contributed by atoms with E-state index in [1.165, 1.54) is 6.07 Å². The quantitative estimate of drug-likeness (QED) is 0.649. The van der Waals surface area contributed by atoms with Gasteiger partial charge < -0.3 is 15.8 Å². The van der Waals surface area contributed by atoms with E-state index in [-0.39, 0.29) is 5.82 Å². The van der Waals surface area contributed by atoms with Crippen LogP contribution in [0.1, 0.15) is 12.8 Å². The van der Waals surface area contributed by atoms with Crippen LogP contribution in [0.2, 0.25) is 0 Å². The second-order valence-electron chi connectivity index (χ2n) is 4.30. The lowest BCUT2D eigenvalue weighted by Gasteiger charge is -2.12. The van der Waals surface area contributed by atoms with Crippen LogP contribution in [0.25, 0.3) is 0 Å². The Morgan fingerprint density at radius 2 is 2.35 bits per heavy atom. The first-order valence-electron chi connectivity index (χ1n) is 5.73. The van der Waals surface area contributed by atoms with Crippen molar-refractivity contribution in [1.29, 1.82) is 0 Å². The summed E-state index contributed by atoms with van der Waals surface area (Å²) in [5.41, 5.74) is 7.10. The highest BCUT2D eigenvalue weighted by molar-refractivity contribution is 14.1. The highest BCUT2D eigenvalue weighted by Crippen LogP contribution is 2.24. The van der Waals surface area contributed by atoms with Crippen LogP contribution >= 0.6 is 22.6 Å². The van der Waals surface area contributed by atoms with Gasteiger partial charge >= 0.3 is 0 Å². The molecule has 1 aliphatic heterocycles. The molecule has 3 nitrogen and oxygen atoms in total. The molecule has 2 rings (SSSR count). The SMILES string of the molecule is Nc1cc(I)c(F)cc1NCCC1CCOC1. The Morgan fingerprint density at radius 1 is 1.53 bits per heavy atom. The standard InChI is InChI=1S/C12H16FIN2O/c13-9-5-12(11(15)6-10(9)14)16-3-1-8-2-4-17-7-8/h5-6,8,16H,1-4,7,15H2. The molecule has 1 aliphatic rings. The smallest absolute Gasteiger partial charge is 0.138 e. The van der Waals surface area contributed by atoms with Crippen LogP contribution in [-0.2, 0) is 4.74 Å². The Hall–Kier alpha value is -0.560. The van der Waals surface area contributed by atoms with Crippen molar-refractivity contribution in [2.24, 2.45) is 5.92 Å². The minimum atomic E-state index is -0.230. The normalized spacial score (nSPS) is 19.5. The van der Waals surface area contributed by atoms with Gasteiger partial charge in [0.15, 0.2) is 0 Å². The Kier molecular flexibility index (Phi) is 4.44. The van der Waals surface area contributed by atoms with Gasteiger partial charge in [-0.05, 0) is 47.4 Å². The first-order valence-corrected chi connectivity index (χ1v) is 6.81. The molecule has 0 aliphatic carbocycles.